The lowest BCUT2D eigenvalue weighted by Crippen LogP contribution is -2.15. The summed E-state index contributed by atoms with van der Waals surface area (Å²) in [6.45, 7) is 1.38. The van der Waals surface area contributed by atoms with Gasteiger partial charge >= 0.3 is 0 Å². The summed E-state index contributed by atoms with van der Waals surface area (Å²) in [4.78, 5) is 23.4. The number of carbonyl (C=O) groups excluding carboxylic acids is 2. The molecule has 0 saturated heterocycles. The normalized spacial score (nSPS) is 10.1. The molecule has 20 heavy (non-hydrogen) atoms. The highest BCUT2D eigenvalue weighted by Crippen LogP contribution is 2.19. The van der Waals surface area contributed by atoms with Crippen molar-refractivity contribution in [1.29, 1.82) is 0 Å². The maximum atomic E-state index is 13.6. The number of nitrogens with one attached hydrogen (secondary N) is 1. The summed E-state index contributed by atoms with van der Waals surface area (Å²) in [6.07, 6.45) is 0. The summed E-state index contributed by atoms with van der Waals surface area (Å²) in [5.74, 6) is -1.98. The fourth-order valence-electron chi connectivity index (χ4n) is 1.78. The fraction of sp³-hybridized carbons (Fsp3) is 0.0667. The molecule has 0 radical (unpaired) electrons. The number of hydrogen-bond acceptors (Lipinski definition) is 3. The van der Waals surface area contributed by atoms with Crippen LogP contribution in [-0.4, -0.2) is 16.8 Å². The summed E-state index contributed by atoms with van der Waals surface area (Å²) in [5.41, 5.74) is 0.457. The third-order valence-electron chi connectivity index (χ3n) is 2.75. The van der Waals surface area contributed by atoms with E-state index in [1.165, 1.54) is 19.1 Å². The molecule has 0 spiro atoms. The Balaban J connectivity index is 2.30. The fourth-order valence-corrected chi connectivity index (χ4v) is 1.78. The molecule has 5 heteroatoms. The highest BCUT2D eigenvalue weighted by Gasteiger charge is 2.15. The molecule has 2 N–H and O–H groups in total. The van der Waals surface area contributed by atoms with Gasteiger partial charge in [0.25, 0.3) is 5.91 Å². The first-order valence-electron chi connectivity index (χ1n) is 5.89. The molecule has 0 bridgehead atoms. The molecule has 2 rings (SSSR count). The molecule has 4 nitrogen and oxygen atoms in total. The number of benzene rings is 2. The van der Waals surface area contributed by atoms with Crippen molar-refractivity contribution in [3.63, 3.8) is 0 Å². The van der Waals surface area contributed by atoms with Crippen LogP contribution in [0.1, 0.15) is 27.6 Å². The number of carbonyl (C=O) groups is 2. The second kappa shape index (κ2) is 5.52. The first kappa shape index (κ1) is 13.7. The Morgan fingerprint density at radius 2 is 1.80 bits per heavy atom. The minimum absolute atomic E-state index is 0.202. The van der Waals surface area contributed by atoms with Gasteiger partial charge in [-0.05, 0) is 31.2 Å². The van der Waals surface area contributed by atoms with E-state index in [0.717, 1.165) is 6.07 Å². The molecule has 2 aromatic rings. The van der Waals surface area contributed by atoms with Crippen LogP contribution in [0.5, 0.6) is 5.75 Å². The predicted octanol–water partition coefficient (Wildman–Crippen LogP) is 2.99. The van der Waals surface area contributed by atoms with Gasteiger partial charge in [-0.3, -0.25) is 9.59 Å². The summed E-state index contributed by atoms with van der Waals surface area (Å²) in [6, 6.07) is 9.72. The van der Waals surface area contributed by atoms with E-state index in [4.69, 9.17) is 5.11 Å². The molecular formula is C15H12FNO3. The minimum Gasteiger partial charge on any atom is -0.508 e. The Kier molecular flexibility index (Phi) is 3.79. The van der Waals surface area contributed by atoms with Gasteiger partial charge in [-0.2, -0.15) is 0 Å². The topological polar surface area (TPSA) is 66.4 Å². The van der Waals surface area contributed by atoms with Crippen LogP contribution >= 0.6 is 0 Å². The quantitative estimate of drug-likeness (QED) is 0.845. The van der Waals surface area contributed by atoms with Crippen molar-refractivity contribution < 1.29 is 19.1 Å². The van der Waals surface area contributed by atoms with Crippen LogP contribution < -0.4 is 5.32 Å². The van der Waals surface area contributed by atoms with Gasteiger partial charge in [0.1, 0.15) is 11.6 Å². The SMILES string of the molecule is CC(=O)c1ccccc1NC(=O)c1ccc(O)cc1F. The molecule has 0 aliphatic heterocycles. The van der Waals surface area contributed by atoms with Crippen LogP contribution in [0.15, 0.2) is 42.5 Å². The number of phenolic OH excluding ortho intramolecular Hbond substituents is 1. The number of halogens is 1. The Hall–Kier alpha value is -2.69. The summed E-state index contributed by atoms with van der Waals surface area (Å²) < 4.78 is 13.6. The number of para-hydroxylation sites is 1. The van der Waals surface area contributed by atoms with Gasteiger partial charge in [-0.15, -0.1) is 0 Å². The van der Waals surface area contributed by atoms with E-state index < -0.39 is 11.7 Å². The first-order chi connectivity index (χ1) is 9.49. The second-order valence-corrected chi connectivity index (χ2v) is 4.22. The molecule has 102 valence electrons. The highest BCUT2D eigenvalue weighted by molar-refractivity contribution is 6.09. The van der Waals surface area contributed by atoms with Crippen molar-refractivity contribution >= 4 is 17.4 Å². The van der Waals surface area contributed by atoms with Crippen LogP contribution in [0.25, 0.3) is 0 Å². The Morgan fingerprint density at radius 1 is 1.10 bits per heavy atom. The van der Waals surface area contributed by atoms with Crippen molar-refractivity contribution in [1.82, 2.24) is 0 Å². The standard InChI is InChI=1S/C15H12FNO3/c1-9(18)11-4-2-3-5-14(11)17-15(20)12-7-6-10(19)8-13(12)16/h2-8,19H,1H3,(H,17,20). The van der Waals surface area contributed by atoms with E-state index in [2.05, 4.69) is 5.32 Å². The van der Waals surface area contributed by atoms with Crippen LogP contribution in [0, 0.1) is 5.82 Å². The van der Waals surface area contributed by atoms with Crippen LogP contribution in [0.2, 0.25) is 0 Å². The maximum absolute atomic E-state index is 13.6. The smallest absolute Gasteiger partial charge is 0.258 e. The maximum Gasteiger partial charge on any atom is 0.258 e. The summed E-state index contributed by atoms with van der Waals surface area (Å²) in [5, 5.41) is 11.6. The van der Waals surface area contributed by atoms with E-state index in [1.54, 1.807) is 24.3 Å². The van der Waals surface area contributed by atoms with Crippen LogP contribution in [0.3, 0.4) is 0 Å². The van der Waals surface area contributed by atoms with Crippen molar-refractivity contribution in [3.05, 3.63) is 59.4 Å². The number of hydrogen-bond donors (Lipinski definition) is 2. The van der Waals surface area contributed by atoms with Gasteiger partial charge in [0.05, 0.1) is 11.3 Å². The molecular weight excluding hydrogens is 261 g/mol. The molecule has 0 atom stereocenters. The Bertz CT molecular complexity index is 683. The molecule has 0 aromatic heterocycles. The van der Waals surface area contributed by atoms with Crippen molar-refractivity contribution in [2.75, 3.05) is 5.32 Å². The van der Waals surface area contributed by atoms with E-state index in [1.807, 2.05) is 0 Å². The molecule has 0 heterocycles. The van der Waals surface area contributed by atoms with Gasteiger partial charge < -0.3 is 10.4 Å². The van der Waals surface area contributed by atoms with Crippen LogP contribution in [0.4, 0.5) is 10.1 Å². The van der Waals surface area contributed by atoms with E-state index in [9.17, 15) is 14.0 Å². The Morgan fingerprint density at radius 3 is 2.45 bits per heavy atom. The number of rotatable bonds is 3. The lowest BCUT2D eigenvalue weighted by atomic mass is 10.1. The van der Waals surface area contributed by atoms with Gasteiger partial charge in [0.2, 0.25) is 0 Å². The van der Waals surface area contributed by atoms with Gasteiger partial charge in [-0.25, -0.2) is 4.39 Å². The minimum atomic E-state index is -0.831. The number of Topliss-reactive ketones (excluding diaryl/α,β-unsaturated/α-hetero) is 1. The van der Waals surface area contributed by atoms with Gasteiger partial charge in [0, 0.05) is 11.6 Å². The second-order valence-electron chi connectivity index (χ2n) is 4.22. The molecule has 0 fully saturated rings. The molecule has 0 saturated carbocycles. The first-order valence-corrected chi connectivity index (χ1v) is 5.89. The molecule has 0 unspecified atom stereocenters. The number of amides is 1. The third-order valence-corrected chi connectivity index (χ3v) is 2.75. The zero-order valence-corrected chi connectivity index (χ0v) is 10.7. The summed E-state index contributed by atoms with van der Waals surface area (Å²) in [7, 11) is 0. The van der Waals surface area contributed by atoms with Gasteiger partial charge in [0.15, 0.2) is 5.78 Å². The lowest BCUT2D eigenvalue weighted by molar-refractivity contribution is 0.101. The van der Waals surface area contributed by atoms with Gasteiger partial charge in [-0.1, -0.05) is 12.1 Å². The summed E-state index contributed by atoms with van der Waals surface area (Å²) >= 11 is 0. The van der Waals surface area contributed by atoms with E-state index in [-0.39, 0.29) is 17.1 Å². The number of phenols is 1. The largest absolute Gasteiger partial charge is 0.508 e. The molecule has 1 amide bonds. The monoisotopic (exact) mass is 273 g/mol. The van der Waals surface area contributed by atoms with Crippen molar-refractivity contribution in [3.8, 4) is 5.75 Å². The lowest BCUT2D eigenvalue weighted by Gasteiger charge is -2.09. The van der Waals surface area contributed by atoms with Crippen molar-refractivity contribution in [2.45, 2.75) is 6.92 Å². The Labute approximate surface area is 114 Å². The number of ketones is 1. The zero-order valence-electron chi connectivity index (χ0n) is 10.7. The number of aromatic hydroxyl groups is 1. The highest BCUT2D eigenvalue weighted by atomic mass is 19.1. The average Bonchev–Trinajstić information content (AvgIpc) is 2.38. The average molecular weight is 273 g/mol. The van der Waals surface area contributed by atoms with Crippen molar-refractivity contribution in [2.24, 2.45) is 0 Å². The van der Waals surface area contributed by atoms with E-state index in [0.29, 0.717) is 11.3 Å². The zero-order chi connectivity index (χ0) is 14.7. The number of anilines is 1. The molecule has 2 aromatic carbocycles. The predicted molar refractivity (Wildman–Crippen MR) is 72.5 cm³/mol. The third kappa shape index (κ3) is 2.83. The van der Waals surface area contributed by atoms with E-state index >= 15 is 0 Å². The molecule has 0 aliphatic rings. The van der Waals surface area contributed by atoms with Crippen LogP contribution in [-0.2, 0) is 0 Å². The molecule has 0 aliphatic carbocycles.